The second-order valence-electron chi connectivity index (χ2n) is 4.97. The predicted octanol–water partition coefficient (Wildman–Crippen LogP) is 3.32. The normalized spacial score (nSPS) is 10.9. The number of benzene rings is 1. The van der Waals surface area contributed by atoms with Crippen LogP contribution in [0, 0.1) is 22.6 Å². The van der Waals surface area contributed by atoms with Gasteiger partial charge in [0.1, 0.15) is 5.82 Å². The van der Waals surface area contributed by atoms with Gasteiger partial charge in [-0.25, -0.2) is 4.39 Å². The van der Waals surface area contributed by atoms with Gasteiger partial charge in [0.2, 0.25) is 0 Å². The molecule has 0 unspecified atom stereocenters. The van der Waals surface area contributed by atoms with Crippen LogP contribution in [0.1, 0.15) is 43.1 Å². The van der Waals surface area contributed by atoms with Gasteiger partial charge >= 0.3 is 0 Å². The molecule has 0 aromatic heterocycles. The lowest BCUT2D eigenvalue weighted by Gasteiger charge is -2.16. The molecule has 0 atom stereocenters. The Morgan fingerprint density at radius 3 is 2.50 bits per heavy atom. The van der Waals surface area contributed by atoms with E-state index >= 15 is 0 Å². The number of carbonyl (C=O) groups excluding carboxylic acids is 1. The number of hydrogen-bond acceptors (Lipinski definition) is 2. The van der Waals surface area contributed by atoms with E-state index in [1.165, 1.54) is 12.1 Å². The van der Waals surface area contributed by atoms with Crippen LogP contribution in [0.25, 0.3) is 0 Å². The minimum Gasteiger partial charge on any atom is -0.294 e. The van der Waals surface area contributed by atoms with Crippen LogP contribution in [0.4, 0.5) is 4.39 Å². The maximum Gasteiger partial charge on any atom is 0.166 e. The zero-order chi connectivity index (χ0) is 12.3. The van der Waals surface area contributed by atoms with E-state index in [-0.39, 0.29) is 28.7 Å². The van der Waals surface area contributed by atoms with E-state index in [4.69, 9.17) is 5.26 Å². The van der Waals surface area contributed by atoms with Gasteiger partial charge in [0.25, 0.3) is 0 Å². The summed E-state index contributed by atoms with van der Waals surface area (Å²) in [7, 11) is 0. The first-order valence-electron chi connectivity index (χ1n) is 5.06. The number of ketones is 1. The van der Waals surface area contributed by atoms with E-state index in [0.717, 1.165) is 6.07 Å². The molecular formula is C13H14FNO. The van der Waals surface area contributed by atoms with Gasteiger partial charge in [0.15, 0.2) is 5.78 Å². The molecule has 0 aliphatic rings. The van der Waals surface area contributed by atoms with Crippen molar-refractivity contribution in [3.05, 3.63) is 35.1 Å². The first-order chi connectivity index (χ1) is 7.33. The lowest BCUT2D eigenvalue weighted by molar-refractivity contribution is 0.0936. The van der Waals surface area contributed by atoms with Crippen LogP contribution in [0.2, 0.25) is 0 Å². The van der Waals surface area contributed by atoms with Crippen LogP contribution < -0.4 is 0 Å². The number of rotatable bonds is 2. The highest BCUT2D eigenvalue weighted by Crippen LogP contribution is 2.22. The molecule has 1 aromatic carbocycles. The topological polar surface area (TPSA) is 40.9 Å². The summed E-state index contributed by atoms with van der Waals surface area (Å²) in [5.74, 6) is -0.845. The van der Waals surface area contributed by atoms with Crippen LogP contribution in [-0.4, -0.2) is 5.78 Å². The van der Waals surface area contributed by atoms with Gasteiger partial charge < -0.3 is 0 Å². The molecule has 3 heteroatoms. The minimum absolute atomic E-state index is 0.0638. The molecular weight excluding hydrogens is 205 g/mol. The molecule has 0 N–H and O–H groups in total. The Bertz CT molecular complexity index is 452. The van der Waals surface area contributed by atoms with Crippen molar-refractivity contribution < 1.29 is 9.18 Å². The fourth-order valence-electron chi connectivity index (χ4n) is 1.39. The van der Waals surface area contributed by atoms with Crippen molar-refractivity contribution in [2.75, 3.05) is 0 Å². The third-order valence-electron chi connectivity index (χ3n) is 2.09. The van der Waals surface area contributed by atoms with Gasteiger partial charge in [-0.05, 0) is 23.6 Å². The molecule has 0 fully saturated rings. The van der Waals surface area contributed by atoms with Gasteiger partial charge in [-0.1, -0.05) is 20.8 Å². The molecule has 0 heterocycles. The summed E-state index contributed by atoms with van der Waals surface area (Å²) >= 11 is 0. The number of nitrogens with zero attached hydrogens (tertiary/aromatic N) is 1. The largest absolute Gasteiger partial charge is 0.294 e. The molecule has 84 valence electrons. The lowest BCUT2D eigenvalue weighted by Crippen LogP contribution is -2.14. The Kier molecular flexibility index (Phi) is 3.44. The molecule has 1 aromatic rings. The SMILES string of the molecule is CC(C)(C)CC(=O)c1ccc(C#N)cc1F. The lowest BCUT2D eigenvalue weighted by atomic mass is 9.87. The highest BCUT2D eigenvalue weighted by atomic mass is 19.1. The van der Waals surface area contributed by atoms with Crippen molar-refractivity contribution in [2.45, 2.75) is 27.2 Å². The van der Waals surface area contributed by atoms with Gasteiger partial charge in [0.05, 0.1) is 17.2 Å². The third kappa shape index (κ3) is 3.16. The Morgan fingerprint density at radius 2 is 2.06 bits per heavy atom. The van der Waals surface area contributed by atoms with E-state index < -0.39 is 5.82 Å². The highest BCUT2D eigenvalue weighted by Gasteiger charge is 2.19. The molecule has 1 rings (SSSR count). The Labute approximate surface area is 94.7 Å². The molecule has 16 heavy (non-hydrogen) atoms. The van der Waals surface area contributed by atoms with Gasteiger partial charge in [-0.15, -0.1) is 0 Å². The average Bonchev–Trinajstić information content (AvgIpc) is 2.14. The van der Waals surface area contributed by atoms with Gasteiger partial charge in [-0.2, -0.15) is 5.26 Å². The molecule has 0 spiro atoms. The van der Waals surface area contributed by atoms with Gasteiger partial charge in [-0.3, -0.25) is 4.79 Å². The molecule has 0 bridgehead atoms. The molecule has 0 saturated carbocycles. The van der Waals surface area contributed by atoms with E-state index in [2.05, 4.69) is 0 Å². The molecule has 0 amide bonds. The van der Waals surface area contributed by atoms with Crippen molar-refractivity contribution in [3.63, 3.8) is 0 Å². The minimum atomic E-state index is -0.617. The first kappa shape index (κ1) is 12.4. The fraction of sp³-hybridized carbons (Fsp3) is 0.385. The average molecular weight is 219 g/mol. The van der Waals surface area contributed by atoms with Crippen molar-refractivity contribution >= 4 is 5.78 Å². The zero-order valence-electron chi connectivity index (χ0n) is 9.67. The summed E-state index contributed by atoms with van der Waals surface area (Å²) in [5.41, 5.74) is 0.121. The van der Waals surface area contributed by atoms with Crippen molar-refractivity contribution in [3.8, 4) is 6.07 Å². The summed E-state index contributed by atoms with van der Waals surface area (Å²) in [6.45, 7) is 5.77. The third-order valence-corrected chi connectivity index (χ3v) is 2.09. The molecule has 0 saturated heterocycles. The monoisotopic (exact) mass is 219 g/mol. The smallest absolute Gasteiger partial charge is 0.166 e. The van der Waals surface area contributed by atoms with Crippen LogP contribution in [0.5, 0.6) is 0 Å². The molecule has 0 radical (unpaired) electrons. The van der Waals surface area contributed by atoms with Crippen LogP contribution >= 0.6 is 0 Å². The summed E-state index contributed by atoms with van der Waals surface area (Å²) in [4.78, 5) is 11.8. The Morgan fingerprint density at radius 1 is 1.44 bits per heavy atom. The molecule has 0 aliphatic heterocycles. The van der Waals surface area contributed by atoms with E-state index in [1.807, 2.05) is 26.8 Å². The number of nitriles is 1. The van der Waals surface area contributed by atoms with E-state index in [0.29, 0.717) is 0 Å². The quantitative estimate of drug-likeness (QED) is 0.716. The van der Waals surface area contributed by atoms with Gasteiger partial charge in [0, 0.05) is 6.42 Å². The number of halogens is 1. The second-order valence-corrected chi connectivity index (χ2v) is 4.97. The van der Waals surface area contributed by atoms with Crippen molar-refractivity contribution in [1.29, 1.82) is 5.26 Å². The second kappa shape index (κ2) is 4.44. The van der Waals surface area contributed by atoms with E-state index in [9.17, 15) is 9.18 Å². The van der Waals surface area contributed by atoms with Crippen molar-refractivity contribution in [2.24, 2.45) is 5.41 Å². The van der Waals surface area contributed by atoms with Crippen LogP contribution in [0.3, 0.4) is 0 Å². The summed E-state index contributed by atoms with van der Waals surface area (Å²) in [6.07, 6.45) is 0.288. The fourth-order valence-corrected chi connectivity index (χ4v) is 1.39. The Balaban J connectivity index is 2.98. The summed E-state index contributed by atoms with van der Waals surface area (Å²) in [5, 5.41) is 8.58. The number of hydrogen-bond donors (Lipinski definition) is 0. The molecule has 0 aliphatic carbocycles. The van der Waals surface area contributed by atoms with Crippen LogP contribution in [0.15, 0.2) is 18.2 Å². The highest BCUT2D eigenvalue weighted by molar-refractivity contribution is 5.96. The molecule has 2 nitrogen and oxygen atoms in total. The zero-order valence-corrected chi connectivity index (χ0v) is 9.67. The Hall–Kier alpha value is -1.69. The van der Waals surface area contributed by atoms with Crippen molar-refractivity contribution in [1.82, 2.24) is 0 Å². The van der Waals surface area contributed by atoms with E-state index in [1.54, 1.807) is 0 Å². The standard InChI is InChI=1S/C13H14FNO/c1-13(2,3)7-12(16)10-5-4-9(8-15)6-11(10)14/h4-6H,7H2,1-3H3. The first-order valence-corrected chi connectivity index (χ1v) is 5.06. The maximum atomic E-state index is 13.5. The number of Topliss-reactive ketones (excluding diaryl/α,β-unsaturated/α-hetero) is 1. The maximum absolute atomic E-state index is 13.5. The predicted molar refractivity (Wildman–Crippen MR) is 59.5 cm³/mol. The summed E-state index contributed by atoms with van der Waals surface area (Å²) < 4.78 is 13.5. The number of carbonyl (C=O) groups is 1. The summed E-state index contributed by atoms with van der Waals surface area (Å²) in [6, 6.07) is 5.76. The van der Waals surface area contributed by atoms with Crippen LogP contribution in [-0.2, 0) is 0 Å².